The molecule has 0 aliphatic carbocycles. The van der Waals surface area contributed by atoms with Gasteiger partial charge in [-0.1, -0.05) is 75.0 Å². The van der Waals surface area contributed by atoms with E-state index in [0.717, 1.165) is 10.5 Å². The highest BCUT2D eigenvalue weighted by atomic mass is 32.2. The number of hydrogen-bond acceptors (Lipinski definition) is 5. The first kappa shape index (κ1) is 24.6. The molecular formula is C28H33NO4S. The second-order valence-corrected chi connectivity index (χ2v) is 11.2. The van der Waals surface area contributed by atoms with E-state index in [0.29, 0.717) is 11.7 Å². The van der Waals surface area contributed by atoms with Gasteiger partial charge in [-0.15, -0.1) is 0 Å². The molecule has 2 aromatic carbocycles. The maximum Gasteiger partial charge on any atom is 0.287 e. The number of carbonyl (C=O) groups excluding carboxylic acids is 1. The van der Waals surface area contributed by atoms with Crippen LogP contribution in [-0.4, -0.2) is 24.3 Å². The van der Waals surface area contributed by atoms with E-state index >= 15 is 0 Å². The summed E-state index contributed by atoms with van der Waals surface area (Å²) in [5.74, 6) is -0.746. The molecule has 1 aliphatic rings. The lowest BCUT2D eigenvalue weighted by Crippen LogP contribution is -2.51. The van der Waals surface area contributed by atoms with Gasteiger partial charge in [0, 0.05) is 4.90 Å². The number of rotatable bonds is 5. The van der Waals surface area contributed by atoms with Crippen LogP contribution < -0.4 is 5.32 Å². The van der Waals surface area contributed by atoms with Gasteiger partial charge < -0.3 is 19.2 Å². The predicted molar refractivity (Wildman–Crippen MR) is 134 cm³/mol. The van der Waals surface area contributed by atoms with E-state index in [1.807, 2.05) is 50.2 Å². The minimum Gasteiger partial charge on any atom is -0.444 e. The molecular weight excluding hydrogens is 446 g/mol. The van der Waals surface area contributed by atoms with Crippen molar-refractivity contribution in [1.29, 1.82) is 0 Å². The molecule has 1 saturated heterocycles. The minimum atomic E-state index is -0.727. The van der Waals surface area contributed by atoms with Crippen molar-refractivity contribution >= 4 is 17.7 Å². The van der Waals surface area contributed by atoms with E-state index in [1.54, 1.807) is 6.07 Å². The van der Waals surface area contributed by atoms with Gasteiger partial charge in [0.05, 0.1) is 12.6 Å². The summed E-state index contributed by atoms with van der Waals surface area (Å²) in [6.07, 6.45) is -0.319. The molecule has 180 valence electrons. The summed E-state index contributed by atoms with van der Waals surface area (Å²) < 4.78 is 17.9. The molecule has 5 nitrogen and oxygen atoms in total. The Morgan fingerprint density at radius 2 is 1.79 bits per heavy atom. The van der Waals surface area contributed by atoms with Crippen LogP contribution in [0, 0.1) is 6.92 Å². The van der Waals surface area contributed by atoms with Crippen molar-refractivity contribution in [3.8, 4) is 0 Å². The van der Waals surface area contributed by atoms with E-state index in [-0.39, 0.29) is 29.2 Å². The molecule has 3 aromatic rings. The van der Waals surface area contributed by atoms with Gasteiger partial charge in [-0.2, -0.15) is 0 Å². The van der Waals surface area contributed by atoms with Crippen molar-refractivity contribution in [2.75, 3.05) is 6.61 Å². The number of carbonyl (C=O) groups is 1. The van der Waals surface area contributed by atoms with Gasteiger partial charge in [-0.3, -0.25) is 4.79 Å². The van der Waals surface area contributed by atoms with Crippen molar-refractivity contribution < 1.29 is 18.7 Å². The monoisotopic (exact) mass is 479 g/mol. The van der Waals surface area contributed by atoms with Gasteiger partial charge in [0.1, 0.15) is 6.10 Å². The molecule has 0 saturated carbocycles. The summed E-state index contributed by atoms with van der Waals surface area (Å²) in [5.41, 5.74) is 3.49. The predicted octanol–water partition coefficient (Wildman–Crippen LogP) is 6.66. The van der Waals surface area contributed by atoms with Gasteiger partial charge in [0.25, 0.3) is 5.91 Å². The first-order chi connectivity index (χ1) is 16.0. The maximum atomic E-state index is 13.0. The molecule has 4 rings (SSSR count). The number of benzene rings is 2. The SMILES string of the molecule is Cc1ccc(C(C)(C)C)cc1Sc1ccc(C(=O)NC2COC(C)(C)OC2c2ccccc2)o1. The molecule has 2 unspecified atom stereocenters. The van der Waals surface area contributed by atoms with Crippen LogP contribution in [0.2, 0.25) is 0 Å². The van der Waals surface area contributed by atoms with E-state index in [9.17, 15) is 4.79 Å². The maximum absolute atomic E-state index is 13.0. The Morgan fingerprint density at radius 3 is 2.50 bits per heavy atom. The molecule has 1 fully saturated rings. The third-order valence-electron chi connectivity index (χ3n) is 5.90. The molecule has 6 heteroatoms. The molecule has 0 spiro atoms. The Morgan fingerprint density at radius 1 is 1.06 bits per heavy atom. The molecule has 1 aliphatic heterocycles. The van der Waals surface area contributed by atoms with Gasteiger partial charge >= 0.3 is 0 Å². The van der Waals surface area contributed by atoms with E-state index < -0.39 is 5.79 Å². The van der Waals surface area contributed by atoms with Crippen LogP contribution in [0.1, 0.15) is 68.0 Å². The Labute approximate surface area is 206 Å². The fraction of sp³-hybridized carbons (Fsp3) is 0.393. The van der Waals surface area contributed by atoms with Crippen LogP contribution in [0.4, 0.5) is 0 Å². The normalized spacial score (nSPS) is 20.2. The van der Waals surface area contributed by atoms with Crippen molar-refractivity contribution in [3.05, 3.63) is 83.1 Å². The zero-order valence-electron chi connectivity index (χ0n) is 20.7. The second kappa shape index (κ2) is 9.61. The van der Waals surface area contributed by atoms with E-state index in [2.05, 4.69) is 51.2 Å². The molecule has 1 amide bonds. The van der Waals surface area contributed by atoms with Crippen LogP contribution in [0.25, 0.3) is 0 Å². The third-order valence-corrected chi connectivity index (χ3v) is 6.98. The zero-order valence-corrected chi connectivity index (χ0v) is 21.5. The van der Waals surface area contributed by atoms with Gasteiger partial charge in [0.2, 0.25) is 0 Å². The lowest BCUT2D eigenvalue weighted by molar-refractivity contribution is -0.284. The molecule has 2 heterocycles. The Hall–Kier alpha value is -2.54. The first-order valence-electron chi connectivity index (χ1n) is 11.6. The Kier molecular flexibility index (Phi) is 6.94. The van der Waals surface area contributed by atoms with Gasteiger partial charge in [-0.05, 0) is 61.1 Å². The van der Waals surface area contributed by atoms with Crippen molar-refractivity contribution in [1.82, 2.24) is 5.32 Å². The molecule has 0 bridgehead atoms. The van der Waals surface area contributed by atoms with Crippen LogP contribution in [0.5, 0.6) is 0 Å². The standard InChI is InChI=1S/C28H33NO4S/c1-18-12-13-20(27(2,3)4)16-23(18)34-24-15-14-22(32-24)26(30)29-21-17-31-28(5,6)33-25(21)19-10-8-7-9-11-19/h7-16,21,25H,17H2,1-6H3,(H,29,30). The quantitative estimate of drug-likeness (QED) is 0.443. The van der Waals surface area contributed by atoms with E-state index in [4.69, 9.17) is 13.9 Å². The topological polar surface area (TPSA) is 60.7 Å². The molecule has 34 heavy (non-hydrogen) atoms. The summed E-state index contributed by atoms with van der Waals surface area (Å²) in [5, 5.41) is 3.72. The summed E-state index contributed by atoms with van der Waals surface area (Å²) >= 11 is 1.53. The highest BCUT2D eigenvalue weighted by Gasteiger charge is 2.38. The highest BCUT2D eigenvalue weighted by Crippen LogP contribution is 2.36. The lowest BCUT2D eigenvalue weighted by Gasteiger charge is -2.41. The number of nitrogens with one attached hydrogen (secondary N) is 1. The van der Waals surface area contributed by atoms with Gasteiger partial charge in [0.15, 0.2) is 16.6 Å². The number of furan rings is 1. The fourth-order valence-corrected chi connectivity index (χ4v) is 4.78. The summed E-state index contributed by atoms with van der Waals surface area (Å²) in [6, 6.07) is 19.6. The molecule has 1 N–H and O–H groups in total. The first-order valence-corrected chi connectivity index (χ1v) is 12.4. The second-order valence-electron chi connectivity index (χ2n) is 10.2. The zero-order chi connectivity index (χ0) is 24.5. The van der Waals surface area contributed by atoms with Crippen LogP contribution in [-0.2, 0) is 14.9 Å². The lowest BCUT2D eigenvalue weighted by atomic mass is 9.87. The number of hydrogen-bond donors (Lipinski definition) is 1. The number of amides is 1. The Bertz CT molecular complexity index is 1150. The summed E-state index contributed by atoms with van der Waals surface area (Å²) in [7, 11) is 0. The third kappa shape index (κ3) is 5.74. The average molecular weight is 480 g/mol. The van der Waals surface area contributed by atoms with Crippen LogP contribution in [0.15, 0.2) is 75.1 Å². The molecule has 0 radical (unpaired) electrons. The van der Waals surface area contributed by atoms with Crippen LogP contribution >= 0.6 is 11.8 Å². The van der Waals surface area contributed by atoms with Crippen molar-refractivity contribution in [2.45, 2.75) is 74.9 Å². The largest absolute Gasteiger partial charge is 0.444 e. The van der Waals surface area contributed by atoms with Crippen LogP contribution in [0.3, 0.4) is 0 Å². The van der Waals surface area contributed by atoms with E-state index in [1.165, 1.54) is 22.9 Å². The number of ether oxygens (including phenoxy) is 2. The Balaban J connectivity index is 1.48. The molecule has 1 aromatic heterocycles. The van der Waals surface area contributed by atoms with Crippen molar-refractivity contribution in [3.63, 3.8) is 0 Å². The highest BCUT2D eigenvalue weighted by molar-refractivity contribution is 7.99. The summed E-state index contributed by atoms with van der Waals surface area (Å²) in [4.78, 5) is 14.2. The molecule has 2 atom stereocenters. The summed E-state index contributed by atoms with van der Waals surface area (Å²) in [6.45, 7) is 12.8. The smallest absolute Gasteiger partial charge is 0.287 e. The fourth-order valence-electron chi connectivity index (χ4n) is 3.88. The minimum absolute atomic E-state index is 0.0607. The van der Waals surface area contributed by atoms with Gasteiger partial charge in [-0.25, -0.2) is 0 Å². The average Bonchev–Trinajstić information content (AvgIpc) is 3.25. The number of aryl methyl sites for hydroxylation is 1. The van der Waals surface area contributed by atoms with Crippen molar-refractivity contribution in [2.24, 2.45) is 0 Å².